The summed E-state index contributed by atoms with van der Waals surface area (Å²) in [7, 11) is 0. The van der Waals surface area contributed by atoms with Crippen molar-refractivity contribution in [1.82, 2.24) is 0 Å². The molecule has 1 aliphatic rings. The molecule has 0 saturated heterocycles. The highest BCUT2D eigenvalue weighted by Gasteiger charge is 2.37. The van der Waals surface area contributed by atoms with E-state index in [2.05, 4.69) is 12.2 Å². The van der Waals surface area contributed by atoms with E-state index in [1.165, 1.54) is 6.42 Å². The second-order valence-corrected chi connectivity index (χ2v) is 5.69. The molecule has 0 radical (unpaired) electrons. The van der Waals surface area contributed by atoms with Gasteiger partial charge in [-0.15, -0.1) is 0 Å². The maximum Gasteiger partial charge on any atom is 0.333 e. The van der Waals surface area contributed by atoms with Crippen LogP contribution in [0.5, 0.6) is 5.75 Å². The fourth-order valence-electron chi connectivity index (χ4n) is 2.62. The number of benzene rings is 1. The molecule has 0 amide bonds. The Labute approximate surface area is 119 Å². The van der Waals surface area contributed by atoms with Gasteiger partial charge in [0.05, 0.1) is 11.0 Å². The van der Waals surface area contributed by atoms with Crippen LogP contribution >= 0.6 is 0 Å². The molecule has 0 heterocycles. The summed E-state index contributed by atoms with van der Waals surface area (Å²) in [6.07, 6.45) is 4.19. The van der Waals surface area contributed by atoms with Crippen LogP contribution in [0.3, 0.4) is 0 Å². The largest absolute Gasteiger partial charge is 0.484 e. The van der Waals surface area contributed by atoms with Crippen LogP contribution in [-0.4, -0.2) is 16.6 Å². The number of nitrogens with one attached hydrogen (secondary N) is 1. The molecule has 1 saturated carbocycles. The third-order valence-corrected chi connectivity index (χ3v) is 3.93. The summed E-state index contributed by atoms with van der Waals surface area (Å²) in [5, 5.41) is 14.8. The topological polar surface area (TPSA) is 64.4 Å². The van der Waals surface area contributed by atoms with Gasteiger partial charge in [0.25, 0.3) is 0 Å². The van der Waals surface area contributed by atoms with Crippen molar-refractivity contribution in [1.29, 1.82) is 0 Å². The van der Waals surface area contributed by atoms with E-state index in [9.17, 15) is 10.1 Å². The van der Waals surface area contributed by atoms with Crippen LogP contribution in [0.25, 0.3) is 0 Å². The van der Waals surface area contributed by atoms with Crippen molar-refractivity contribution in [3.8, 4) is 5.75 Å². The van der Waals surface area contributed by atoms with Crippen molar-refractivity contribution in [2.45, 2.75) is 58.1 Å². The van der Waals surface area contributed by atoms with Crippen molar-refractivity contribution in [3.05, 3.63) is 28.3 Å². The summed E-state index contributed by atoms with van der Waals surface area (Å²) in [5.41, 5.74) is 0.622. The summed E-state index contributed by atoms with van der Waals surface area (Å²) in [6.45, 7) is 5.85. The minimum Gasteiger partial charge on any atom is -0.484 e. The van der Waals surface area contributed by atoms with Crippen LogP contribution < -0.4 is 10.1 Å². The van der Waals surface area contributed by atoms with E-state index in [0.717, 1.165) is 19.3 Å². The van der Waals surface area contributed by atoms with E-state index in [1.54, 1.807) is 18.2 Å². The van der Waals surface area contributed by atoms with Gasteiger partial charge in [-0.2, -0.15) is 0 Å². The molecule has 1 aliphatic carbocycles. The molecule has 0 atom stereocenters. The number of nitro groups is 1. The lowest BCUT2D eigenvalue weighted by atomic mass is 9.74. The van der Waals surface area contributed by atoms with Crippen molar-refractivity contribution >= 4 is 11.4 Å². The lowest BCUT2D eigenvalue weighted by molar-refractivity contribution is -0.385. The number of ether oxygens (including phenoxy) is 1. The number of rotatable bonds is 6. The zero-order valence-corrected chi connectivity index (χ0v) is 12.3. The van der Waals surface area contributed by atoms with Crippen molar-refractivity contribution in [2.75, 3.05) is 5.32 Å². The first kappa shape index (κ1) is 14.6. The Bertz CT molecular complexity index is 490. The third kappa shape index (κ3) is 2.86. The van der Waals surface area contributed by atoms with Gasteiger partial charge >= 0.3 is 5.69 Å². The van der Waals surface area contributed by atoms with Crippen LogP contribution in [0, 0.1) is 10.1 Å². The lowest BCUT2D eigenvalue weighted by Crippen LogP contribution is -2.44. The van der Waals surface area contributed by atoms with Gasteiger partial charge in [0.15, 0.2) is 5.75 Å². The first-order valence-electron chi connectivity index (χ1n) is 7.20. The Balaban J connectivity index is 2.34. The summed E-state index contributed by atoms with van der Waals surface area (Å²) in [6, 6.07) is 5.22. The fraction of sp³-hybridized carbons (Fsp3) is 0.600. The van der Waals surface area contributed by atoms with Gasteiger partial charge in [-0.3, -0.25) is 10.1 Å². The van der Waals surface area contributed by atoms with Crippen molar-refractivity contribution in [3.63, 3.8) is 0 Å². The highest BCUT2D eigenvalue weighted by atomic mass is 16.6. The van der Waals surface area contributed by atoms with Gasteiger partial charge < -0.3 is 10.1 Å². The van der Waals surface area contributed by atoms with Gasteiger partial charge in [-0.1, -0.05) is 13.0 Å². The van der Waals surface area contributed by atoms with Crippen LogP contribution in [-0.2, 0) is 0 Å². The SMILES string of the molecule is CCC1(Nc2cccc(OC(C)C)c2[N+](=O)[O-])CCC1. The van der Waals surface area contributed by atoms with Gasteiger partial charge in [0.1, 0.15) is 5.69 Å². The molecular weight excluding hydrogens is 256 g/mol. The minimum atomic E-state index is -0.359. The van der Waals surface area contributed by atoms with E-state index in [-0.39, 0.29) is 22.3 Å². The molecule has 0 unspecified atom stereocenters. The second-order valence-electron chi connectivity index (χ2n) is 5.69. The van der Waals surface area contributed by atoms with E-state index in [1.807, 2.05) is 13.8 Å². The fourth-order valence-corrected chi connectivity index (χ4v) is 2.62. The predicted molar refractivity (Wildman–Crippen MR) is 79.4 cm³/mol. The van der Waals surface area contributed by atoms with Gasteiger partial charge in [0, 0.05) is 5.54 Å². The maximum atomic E-state index is 11.4. The molecule has 110 valence electrons. The molecule has 0 aromatic heterocycles. The van der Waals surface area contributed by atoms with Gasteiger partial charge in [-0.05, 0) is 51.7 Å². The molecule has 0 aliphatic heterocycles. The molecule has 0 spiro atoms. The smallest absolute Gasteiger partial charge is 0.333 e. The molecular formula is C15H22N2O3. The number of anilines is 1. The molecule has 1 fully saturated rings. The van der Waals surface area contributed by atoms with Crippen LogP contribution in [0.1, 0.15) is 46.5 Å². The summed E-state index contributed by atoms with van der Waals surface area (Å²) < 4.78 is 5.57. The van der Waals surface area contributed by atoms with Gasteiger partial charge in [-0.25, -0.2) is 0 Å². The van der Waals surface area contributed by atoms with E-state index in [4.69, 9.17) is 4.74 Å². The van der Waals surface area contributed by atoms with E-state index >= 15 is 0 Å². The average Bonchev–Trinajstić information content (AvgIpc) is 2.32. The number of hydrogen-bond acceptors (Lipinski definition) is 4. The summed E-state index contributed by atoms with van der Waals surface area (Å²) in [4.78, 5) is 11.0. The van der Waals surface area contributed by atoms with Crippen LogP contribution in [0.4, 0.5) is 11.4 Å². The Kier molecular flexibility index (Phi) is 4.16. The van der Waals surface area contributed by atoms with Crippen molar-refractivity contribution < 1.29 is 9.66 Å². The molecule has 20 heavy (non-hydrogen) atoms. The predicted octanol–water partition coefficient (Wildman–Crippen LogP) is 4.13. The highest BCUT2D eigenvalue weighted by Crippen LogP contribution is 2.42. The monoisotopic (exact) mass is 278 g/mol. The minimum absolute atomic E-state index is 0.0151. The molecule has 2 rings (SSSR count). The third-order valence-electron chi connectivity index (χ3n) is 3.93. The number of hydrogen-bond donors (Lipinski definition) is 1. The van der Waals surface area contributed by atoms with Crippen LogP contribution in [0.2, 0.25) is 0 Å². The number of para-hydroxylation sites is 1. The molecule has 5 nitrogen and oxygen atoms in total. The van der Waals surface area contributed by atoms with Gasteiger partial charge in [0.2, 0.25) is 0 Å². The standard InChI is InChI=1S/C15H22N2O3/c1-4-15(9-6-10-15)16-12-7-5-8-13(20-11(2)3)14(12)17(18)19/h5,7-8,11,16H,4,6,9-10H2,1-3H3. The highest BCUT2D eigenvalue weighted by molar-refractivity contribution is 5.69. The first-order valence-corrected chi connectivity index (χ1v) is 7.20. The zero-order valence-electron chi connectivity index (χ0n) is 12.3. The molecule has 1 aromatic carbocycles. The van der Waals surface area contributed by atoms with Crippen molar-refractivity contribution in [2.24, 2.45) is 0 Å². The maximum absolute atomic E-state index is 11.4. The lowest BCUT2D eigenvalue weighted by Gasteiger charge is -2.42. The van der Waals surface area contributed by atoms with Crippen LogP contribution in [0.15, 0.2) is 18.2 Å². The Morgan fingerprint density at radius 1 is 1.45 bits per heavy atom. The second kappa shape index (κ2) is 5.69. The average molecular weight is 278 g/mol. The zero-order chi connectivity index (χ0) is 14.8. The molecule has 1 aromatic rings. The molecule has 5 heteroatoms. The number of nitro benzene ring substituents is 1. The van der Waals surface area contributed by atoms with E-state index < -0.39 is 0 Å². The Morgan fingerprint density at radius 2 is 2.15 bits per heavy atom. The van der Waals surface area contributed by atoms with E-state index in [0.29, 0.717) is 11.4 Å². The summed E-state index contributed by atoms with van der Waals surface area (Å²) >= 11 is 0. The number of nitrogens with zero attached hydrogens (tertiary/aromatic N) is 1. The molecule has 0 bridgehead atoms. The normalized spacial score (nSPS) is 16.6. The Morgan fingerprint density at radius 3 is 2.60 bits per heavy atom. The summed E-state index contributed by atoms with van der Waals surface area (Å²) in [5.74, 6) is 0.334. The quantitative estimate of drug-likeness (QED) is 0.627. The molecule has 1 N–H and O–H groups in total. The first-order chi connectivity index (χ1) is 9.47. The Hall–Kier alpha value is -1.78.